The van der Waals surface area contributed by atoms with Crippen molar-refractivity contribution in [2.75, 3.05) is 41.2 Å². The van der Waals surface area contributed by atoms with Crippen molar-refractivity contribution in [2.24, 2.45) is 0 Å². The van der Waals surface area contributed by atoms with Gasteiger partial charge in [0.2, 0.25) is 10.0 Å². The monoisotopic (exact) mass is 493 g/mol. The molecule has 1 aromatic heterocycles. The van der Waals surface area contributed by atoms with Crippen LogP contribution in [0.5, 0.6) is 0 Å². The highest BCUT2D eigenvalue weighted by atomic mass is 32.2. The van der Waals surface area contributed by atoms with Crippen LogP contribution in [0.3, 0.4) is 0 Å². The Hall–Kier alpha value is -3.46. The molecule has 0 atom stereocenters. The molecule has 8 nitrogen and oxygen atoms in total. The van der Waals surface area contributed by atoms with Crippen LogP contribution in [0.15, 0.2) is 48.5 Å². The van der Waals surface area contributed by atoms with Gasteiger partial charge >= 0.3 is 5.97 Å². The predicted molar refractivity (Wildman–Crippen MR) is 135 cm³/mol. The number of esters is 1. The van der Waals surface area contributed by atoms with Crippen molar-refractivity contribution in [3.8, 4) is 0 Å². The summed E-state index contributed by atoms with van der Waals surface area (Å²) in [6, 6.07) is 14.3. The van der Waals surface area contributed by atoms with Crippen LogP contribution in [0.2, 0.25) is 0 Å². The van der Waals surface area contributed by atoms with Gasteiger partial charge in [-0.15, -0.1) is 0 Å². The minimum atomic E-state index is -3.35. The number of benzene rings is 2. The fraction of sp³-hybridized carbons (Fsp3) is 0.346. The number of ketones is 1. The van der Waals surface area contributed by atoms with Crippen LogP contribution in [-0.2, 0) is 21.2 Å². The molecule has 2 aromatic carbocycles. The van der Waals surface area contributed by atoms with Gasteiger partial charge in [-0.1, -0.05) is 18.2 Å². The van der Waals surface area contributed by atoms with Gasteiger partial charge in [-0.3, -0.25) is 9.10 Å². The summed E-state index contributed by atoms with van der Waals surface area (Å²) in [6.07, 6.45) is 2.62. The van der Waals surface area contributed by atoms with Crippen LogP contribution in [-0.4, -0.2) is 57.1 Å². The molecule has 9 heteroatoms. The number of hydrogen-bond acceptors (Lipinski definition) is 7. The molecule has 0 radical (unpaired) electrons. The van der Waals surface area contributed by atoms with E-state index in [1.54, 1.807) is 31.2 Å². The van der Waals surface area contributed by atoms with E-state index in [1.807, 2.05) is 24.3 Å². The van der Waals surface area contributed by atoms with E-state index in [4.69, 9.17) is 9.72 Å². The summed E-state index contributed by atoms with van der Waals surface area (Å²) in [5.74, 6) is -0.311. The number of sulfonamides is 1. The topological polar surface area (TPSA) is 96.9 Å². The molecule has 2 aliphatic heterocycles. The van der Waals surface area contributed by atoms with Gasteiger partial charge in [-0.05, 0) is 62.1 Å². The molecule has 182 valence electrons. The van der Waals surface area contributed by atoms with Crippen molar-refractivity contribution in [1.29, 1.82) is 0 Å². The summed E-state index contributed by atoms with van der Waals surface area (Å²) < 4.78 is 31.4. The summed E-state index contributed by atoms with van der Waals surface area (Å²) >= 11 is 0. The molecule has 35 heavy (non-hydrogen) atoms. The van der Waals surface area contributed by atoms with E-state index in [1.165, 1.54) is 4.31 Å². The maximum Gasteiger partial charge on any atom is 0.342 e. The zero-order valence-electron chi connectivity index (χ0n) is 19.6. The molecule has 3 heterocycles. The number of nitrogens with zero attached hydrogens (tertiary/aromatic N) is 3. The number of rotatable bonds is 7. The normalized spacial score (nSPS) is 15.5. The first-order valence-corrected chi connectivity index (χ1v) is 13.5. The largest absolute Gasteiger partial charge is 0.454 e. The van der Waals surface area contributed by atoms with E-state index in [9.17, 15) is 18.0 Å². The second kappa shape index (κ2) is 9.30. The quantitative estimate of drug-likeness (QED) is 0.367. The number of hydrogen-bond donors (Lipinski definition) is 0. The van der Waals surface area contributed by atoms with Gasteiger partial charge in [0.05, 0.1) is 17.0 Å². The second-order valence-corrected chi connectivity index (χ2v) is 11.0. The van der Waals surface area contributed by atoms with E-state index in [2.05, 4.69) is 4.90 Å². The molecular formula is C26H27N3O5S. The average molecular weight is 494 g/mol. The van der Waals surface area contributed by atoms with Crippen molar-refractivity contribution in [3.63, 3.8) is 0 Å². The maximum absolute atomic E-state index is 13.1. The van der Waals surface area contributed by atoms with Gasteiger partial charge in [0.15, 0.2) is 12.4 Å². The van der Waals surface area contributed by atoms with Crippen LogP contribution in [0.1, 0.15) is 46.0 Å². The first-order chi connectivity index (χ1) is 16.9. The first kappa shape index (κ1) is 23.3. The Morgan fingerprint density at radius 1 is 1.03 bits per heavy atom. The highest BCUT2D eigenvalue weighted by molar-refractivity contribution is 7.92. The number of carbonyl (C=O) groups excluding carboxylic acids is 2. The fourth-order valence-corrected chi connectivity index (χ4v) is 5.87. The average Bonchev–Trinajstić information content (AvgIpc) is 3.56. The smallest absolute Gasteiger partial charge is 0.342 e. The molecule has 2 aliphatic rings. The molecule has 0 N–H and O–H groups in total. The zero-order valence-corrected chi connectivity index (χ0v) is 20.4. The summed E-state index contributed by atoms with van der Waals surface area (Å²) in [5.41, 5.74) is 2.96. The predicted octanol–water partition coefficient (Wildman–Crippen LogP) is 3.59. The summed E-state index contributed by atoms with van der Waals surface area (Å²) in [7, 11) is -3.35. The van der Waals surface area contributed by atoms with Crippen LogP contribution in [0.4, 0.5) is 11.5 Å². The first-order valence-electron chi connectivity index (χ1n) is 11.9. The van der Waals surface area contributed by atoms with Crippen molar-refractivity contribution in [1.82, 2.24) is 4.98 Å². The van der Waals surface area contributed by atoms with Crippen LogP contribution in [0, 0.1) is 0 Å². The Kier molecular flexibility index (Phi) is 6.19. The van der Waals surface area contributed by atoms with Crippen molar-refractivity contribution >= 4 is 44.2 Å². The van der Waals surface area contributed by atoms with Gasteiger partial charge in [0.1, 0.15) is 11.4 Å². The number of aromatic nitrogens is 1. The van der Waals surface area contributed by atoms with E-state index in [0.29, 0.717) is 35.6 Å². The summed E-state index contributed by atoms with van der Waals surface area (Å²) in [4.78, 5) is 32.7. The lowest BCUT2D eigenvalue weighted by atomic mass is 10.1. The van der Waals surface area contributed by atoms with Crippen LogP contribution in [0.25, 0.3) is 10.9 Å². The molecule has 1 saturated heterocycles. The molecule has 0 bridgehead atoms. The molecule has 0 saturated carbocycles. The van der Waals surface area contributed by atoms with Gasteiger partial charge in [-0.2, -0.15) is 0 Å². The molecule has 0 amide bonds. The van der Waals surface area contributed by atoms with E-state index in [-0.39, 0.29) is 11.5 Å². The molecular weight excluding hydrogens is 466 g/mol. The van der Waals surface area contributed by atoms with E-state index < -0.39 is 22.6 Å². The maximum atomic E-state index is 13.1. The molecule has 0 unspecified atom stereocenters. The molecule has 0 aliphatic carbocycles. The summed E-state index contributed by atoms with van der Waals surface area (Å²) in [5, 5.41) is 0.832. The minimum Gasteiger partial charge on any atom is -0.454 e. The number of pyridine rings is 1. The van der Waals surface area contributed by atoms with E-state index >= 15 is 0 Å². The Balaban J connectivity index is 1.34. The van der Waals surface area contributed by atoms with Gasteiger partial charge in [0.25, 0.3) is 0 Å². The van der Waals surface area contributed by atoms with Crippen molar-refractivity contribution in [3.05, 3.63) is 65.2 Å². The number of fused-ring (bicyclic) bond motifs is 2. The Morgan fingerprint density at radius 2 is 1.80 bits per heavy atom. The van der Waals surface area contributed by atoms with Crippen LogP contribution < -0.4 is 9.21 Å². The third-order valence-corrected chi connectivity index (χ3v) is 8.40. The zero-order chi connectivity index (χ0) is 24.6. The Bertz CT molecular complexity index is 1410. The number of Topliss-reactive ketones (excluding diaryl/α,β-unsaturated/α-hetero) is 1. The molecule has 1 fully saturated rings. The van der Waals surface area contributed by atoms with Gasteiger partial charge in [0, 0.05) is 30.6 Å². The lowest BCUT2D eigenvalue weighted by Gasteiger charge is -2.20. The van der Waals surface area contributed by atoms with E-state index in [0.717, 1.165) is 42.4 Å². The SMILES string of the molecule is CCS(=O)(=O)N1CCc2cc(C(=O)COC(=O)c3cc4ccccc4nc3N3CCCC3)ccc21. The lowest BCUT2D eigenvalue weighted by Crippen LogP contribution is -2.30. The number of anilines is 2. The van der Waals surface area contributed by atoms with Gasteiger partial charge < -0.3 is 9.64 Å². The number of para-hydroxylation sites is 1. The third kappa shape index (κ3) is 4.48. The molecule has 5 rings (SSSR count). The standard InChI is InChI=1S/C26H27N3O5S/c1-2-35(32,33)29-14-11-19-15-20(9-10-23(19)29)24(30)17-34-26(31)21-16-18-7-3-4-8-22(18)27-25(21)28-12-5-6-13-28/h3-4,7-10,15-16H,2,5-6,11-14,17H2,1H3. The Labute approximate surface area is 204 Å². The van der Waals surface area contributed by atoms with Crippen molar-refractivity contribution in [2.45, 2.75) is 26.2 Å². The number of carbonyl (C=O) groups is 2. The molecule has 0 spiro atoms. The highest BCUT2D eigenvalue weighted by Crippen LogP contribution is 2.32. The second-order valence-electron chi connectivity index (χ2n) is 8.81. The van der Waals surface area contributed by atoms with Crippen LogP contribution >= 0.6 is 0 Å². The number of ether oxygens (including phenoxy) is 1. The fourth-order valence-electron chi connectivity index (χ4n) is 4.71. The minimum absolute atomic E-state index is 0.0200. The summed E-state index contributed by atoms with van der Waals surface area (Å²) in [6.45, 7) is 3.22. The van der Waals surface area contributed by atoms with Crippen molar-refractivity contribution < 1.29 is 22.7 Å². The highest BCUT2D eigenvalue weighted by Gasteiger charge is 2.29. The Morgan fingerprint density at radius 3 is 2.57 bits per heavy atom. The lowest BCUT2D eigenvalue weighted by molar-refractivity contribution is 0.0475. The third-order valence-electron chi connectivity index (χ3n) is 6.62. The molecule has 3 aromatic rings. The van der Waals surface area contributed by atoms with Gasteiger partial charge in [-0.25, -0.2) is 18.2 Å².